The first-order valence-electron chi connectivity index (χ1n) is 5.79. The molecule has 3 N–H and O–H groups in total. The quantitative estimate of drug-likeness (QED) is 0.701. The minimum atomic E-state index is -1.24. The molecule has 9 heteroatoms. The number of hydrogen-bond acceptors (Lipinski definition) is 4. The lowest BCUT2D eigenvalue weighted by Crippen LogP contribution is -2.38. The minimum Gasteiger partial charge on any atom is -0.478 e. The van der Waals surface area contributed by atoms with E-state index >= 15 is 0 Å². The molecule has 0 spiro atoms. The highest BCUT2D eigenvalue weighted by Crippen LogP contribution is 2.21. The van der Waals surface area contributed by atoms with Crippen LogP contribution < -0.4 is 10.6 Å². The van der Waals surface area contributed by atoms with E-state index in [0.717, 1.165) is 4.90 Å². The van der Waals surface area contributed by atoms with E-state index in [1.807, 2.05) is 0 Å². The molecular weight excluding hydrogens is 302 g/mol. The van der Waals surface area contributed by atoms with Crippen LogP contribution in [-0.2, 0) is 9.59 Å². The fourth-order valence-electron chi connectivity index (χ4n) is 1.76. The van der Waals surface area contributed by atoms with Crippen LogP contribution in [0.25, 0.3) is 0 Å². The van der Waals surface area contributed by atoms with Gasteiger partial charge in [0.15, 0.2) is 0 Å². The molecule has 0 atom stereocenters. The molecule has 0 radical (unpaired) electrons. The number of carbonyl (C=O) groups excluding carboxylic acids is 3. The third kappa shape index (κ3) is 3.29. The van der Waals surface area contributed by atoms with E-state index in [2.05, 4.69) is 10.6 Å². The number of aromatic carboxylic acids is 1. The lowest BCUT2D eigenvalue weighted by atomic mass is 10.2. The van der Waals surface area contributed by atoms with Crippen molar-refractivity contribution < 1.29 is 24.3 Å². The predicted octanol–water partition coefficient (Wildman–Crippen LogP) is 0.528. The van der Waals surface area contributed by atoms with Gasteiger partial charge in [-0.1, -0.05) is 11.6 Å². The first kappa shape index (κ1) is 14.8. The number of amides is 4. The maximum Gasteiger partial charge on any atom is 0.337 e. The predicted molar refractivity (Wildman–Crippen MR) is 72.2 cm³/mol. The number of nitrogens with one attached hydrogen (secondary N) is 2. The SMILES string of the molecule is O=C(CN1C(=O)CNC1=O)Nc1cc(Cl)ccc1C(=O)O. The first-order chi connectivity index (χ1) is 9.88. The lowest BCUT2D eigenvalue weighted by Gasteiger charge is -2.13. The van der Waals surface area contributed by atoms with E-state index < -0.39 is 30.4 Å². The second-order valence-corrected chi connectivity index (χ2v) is 4.62. The Morgan fingerprint density at radius 1 is 1.38 bits per heavy atom. The molecule has 0 unspecified atom stereocenters. The Hall–Kier alpha value is -2.61. The molecule has 1 fully saturated rings. The Morgan fingerprint density at radius 3 is 2.67 bits per heavy atom. The third-order valence-corrected chi connectivity index (χ3v) is 2.96. The van der Waals surface area contributed by atoms with Crippen molar-refractivity contribution in [3.05, 3.63) is 28.8 Å². The molecule has 0 bridgehead atoms. The monoisotopic (exact) mass is 311 g/mol. The fraction of sp³-hybridized carbons (Fsp3) is 0.167. The maximum absolute atomic E-state index is 11.8. The molecule has 1 aromatic rings. The normalized spacial score (nSPS) is 14.0. The molecule has 0 aliphatic carbocycles. The van der Waals surface area contributed by atoms with Gasteiger partial charge >= 0.3 is 12.0 Å². The Morgan fingerprint density at radius 2 is 2.10 bits per heavy atom. The molecule has 4 amide bonds. The van der Waals surface area contributed by atoms with Gasteiger partial charge in [0.1, 0.15) is 6.54 Å². The van der Waals surface area contributed by atoms with Gasteiger partial charge in [-0.2, -0.15) is 0 Å². The number of halogens is 1. The molecule has 1 heterocycles. The zero-order valence-corrected chi connectivity index (χ0v) is 11.3. The highest BCUT2D eigenvalue weighted by atomic mass is 35.5. The van der Waals surface area contributed by atoms with Crippen molar-refractivity contribution in [2.24, 2.45) is 0 Å². The summed E-state index contributed by atoms with van der Waals surface area (Å²) in [5, 5.41) is 13.8. The molecule has 0 saturated carbocycles. The lowest BCUT2D eigenvalue weighted by molar-refractivity contribution is -0.128. The molecular formula is C12H10ClN3O5. The van der Waals surface area contributed by atoms with E-state index in [9.17, 15) is 19.2 Å². The smallest absolute Gasteiger partial charge is 0.337 e. The van der Waals surface area contributed by atoms with Crippen molar-refractivity contribution in [3.63, 3.8) is 0 Å². The molecule has 21 heavy (non-hydrogen) atoms. The number of anilines is 1. The molecule has 0 aromatic heterocycles. The molecule has 1 aromatic carbocycles. The number of nitrogens with zero attached hydrogens (tertiary/aromatic N) is 1. The summed E-state index contributed by atoms with van der Waals surface area (Å²) in [7, 11) is 0. The number of hydrogen-bond donors (Lipinski definition) is 3. The Bertz CT molecular complexity index is 630. The van der Waals surface area contributed by atoms with Crippen molar-refractivity contribution in [3.8, 4) is 0 Å². The van der Waals surface area contributed by atoms with Gasteiger partial charge in [0.05, 0.1) is 17.8 Å². The number of carbonyl (C=O) groups is 4. The van der Waals surface area contributed by atoms with Gasteiger partial charge in [-0.3, -0.25) is 14.5 Å². The Balaban J connectivity index is 2.13. The van der Waals surface area contributed by atoms with Crippen molar-refractivity contribution in [1.82, 2.24) is 10.2 Å². The number of urea groups is 1. The molecule has 1 saturated heterocycles. The Labute approximate surface area is 123 Å². The van der Waals surface area contributed by atoms with E-state index in [0.29, 0.717) is 0 Å². The summed E-state index contributed by atoms with van der Waals surface area (Å²) in [5.41, 5.74) is -0.156. The van der Waals surface area contributed by atoms with Gasteiger partial charge in [0, 0.05) is 5.02 Å². The highest BCUT2D eigenvalue weighted by molar-refractivity contribution is 6.31. The minimum absolute atomic E-state index is 0.00736. The summed E-state index contributed by atoms with van der Waals surface area (Å²) < 4.78 is 0. The summed E-state index contributed by atoms with van der Waals surface area (Å²) >= 11 is 5.75. The fourth-order valence-corrected chi connectivity index (χ4v) is 1.93. The van der Waals surface area contributed by atoms with Crippen LogP contribution in [0.5, 0.6) is 0 Å². The number of benzene rings is 1. The summed E-state index contributed by atoms with van der Waals surface area (Å²) in [6, 6.07) is 3.22. The largest absolute Gasteiger partial charge is 0.478 e. The highest BCUT2D eigenvalue weighted by Gasteiger charge is 2.30. The summed E-state index contributed by atoms with van der Waals surface area (Å²) in [6.07, 6.45) is 0. The molecule has 1 aliphatic rings. The van der Waals surface area contributed by atoms with Gasteiger partial charge in [-0.05, 0) is 18.2 Å². The average Bonchev–Trinajstić information content (AvgIpc) is 2.70. The van der Waals surface area contributed by atoms with Crippen LogP contribution in [0.4, 0.5) is 10.5 Å². The molecule has 110 valence electrons. The van der Waals surface area contributed by atoms with Crippen LogP contribution in [0.2, 0.25) is 5.02 Å². The van der Waals surface area contributed by atoms with Gasteiger partial charge < -0.3 is 15.7 Å². The second-order valence-electron chi connectivity index (χ2n) is 4.18. The zero-order valence-electron chi connectivity index (χ0n) is 10.6. The van der Waals surface area contributed by atoms with Crippen LogP contribution in [0.1, 0.15) is 10.4 Å². The summed E-state index contributed by atoms with van der Waals surface area (Å²) in [4.78, 5) is 46.3. The molecule has 1 aliphatic heterocycles. The number of carboxylic acids is 1. The van der Waals surface area contributed by atoms with Crippen LogP contribution in [0.3, 0.4) is 0 Å². The van der Waals surface area contributed by atoms with Gasteiger partial charge in [0.25, 0.3) is 5.91 Å². The third-order valence-electron chi connectivity index (χ3n) is 2.72. The van der Waals surface area contributed by atoms with E-state index in [1.165, 1.54) is 18.2 Å². The van der Waals surface area contributed by atoms with Crippen LogP contribution in [0.15, 0.2) is 18.2 Å². The van der Waals surface area contributed by atoms with Gasteiger partial charge in [-0.15, -0.1) is 0 Å². The van der Waals surface area contributed by atoms with Crippen molar-refractivity contribution in [1.29, 1.82) is 0 Å². The van der Waals surface area contributed by atoms with Gasteiger partial charge in [0.2, 0.25) is 5.91 Å². The van der Waals surface area contributed by atoms with E-state index in [-0.39, 0.29) is 22.8 Å². The zero-order chi connectivity index (χ0) is 15.6. The maximum atomic E-state index is 11.8. The number of rotatable bonds is 4. The standard InChI is InChI=1S/C12H10ClN3O5/c13-6-1-2-7(11(19)20)8(3-6)15-9(17)5-16-10(18)4-14-12(16)21/h1-3H,4-5H2,(H,14,21)(H,15,17)(H,19,20). The average molecular weight is 312 g/mol. The van der Waals surface area contributed by atoms with Crippen LogP contribution >= 0.6 is 11.6 Å². The first-order valence-corrected chi connectivity index (χ1v) is 6.17. The summed E-state index contributed by atoms with van der Waals surface area (Å²) in [5.74, 6) is -2.47. The van der Waals surface area contributed by atoms with Crippen molar-refractivity contribution >= 4 is 41.1 Å². The number of imide groups is 1. The topological polar surface area (TPSA) is 116 Å². The van der Waals surface area contributed by atoms with Gasteiger partial charge in [-0.25, -0.2) is 9.59 Å². The summed E-state index contributed by atoms with van der Waals surface area (Å²) in [6.45, 7) is -0.667. The van der Waals surface area contributed by atoms with Crippen LogP contribution in [-0.4, -0.2) is 46.9 Å². The second kappa shape index (κ2) is 5.80. The van der Waals surface area contributed by atoms with Crippen LogP contribution in [0, 0.1) is 0 Å². The van der Waals surface area contributed by atoms with E-state index in [1.54, 1.807) is 0 Å². The number of carboxylic acid groups (broad SMARTS) is 1. The van der Waals surface area contributed by atoms with E-state index in [4.69, 9.17) is 16.7 Å². The van der Waals surface area contributed by atoms with Crippen molar-refractivity contribution in [2.75, 3.05) is 18.4 Å². The molecule has 8 nitrogen and oxygen atoms in total. The Kier molecular flexibility index (Phi) is 4.08. The molecule has 2 rings (SSSR count). The van der Waals surface area contributed by atoms with Crippen molar-refractivity contribution in [2.45, 2.75) is 0 Å².